The van der Waals surface area contributed by atoms with Crippen molar-refractivity contribution in [3.8, 4) is 0 Å². The van der Waals surface area contributed by atoms with Crippen LogP contribution in [0.2, 0.25) is 0 Å². The summed E-state index contributed by atoms with van der Waals surface area (Å²) in [6.45, 7) is 3.67. The zero-order valence-corrected chi connectivity index (χ0v) is 8.93. The van der Waals surface area contributed by atoms with Gasteiger partial charge in [-0.3, -0.25) is 9.59 Å². The number of carboxylic acids is 1. The lowest BCUT2D eigenvalue weighted by atomic mass is 10.1. The van der Waals surface area contributed by atoms with Crippen LogP contribution >= 0.6 is 0 Å². The molecule has 1 aliphatic rings. The van der Waals surface area contributed by atoms with Gasteiger partial charge < -0.3 is 15.5 Å². The Morgan fingerprint density at radius 1 is 1.40 bits per heavy atom. The van der Waals surface area contributed by atoms with Crippen molar-refractivity contribution in [2.45, 2.75) is 26.3 Å². The van der Waals surface area contributed by atoms with E-state index >= 15 is 0 Å². The van der Waals surface area contributed by atoms with Crippen LogP contribution in [0.5, 0.6) is 0 Å². The molecule has 86 valence electrons. The van der Waals surface area contributed by atoms with Gasteiger partial charge in [0, 0.05) is 0 Å². The summed E-state index contributed by atoms with van der Waals surface area (Å²) in [4.78, 5) is 22.0. The van der Waals surface area contributed by atoms with E-state index in [0.29, 0.717) is 6.42 Å². The molecule has 0 aromatic carbocycles. The highest BCUT2D eigenvalue weighted by molar-refractivity contribution is 5.89. The SMILES string of the molecule is CC(C)C(CO)NC(=O)[C@@H]1C[C@@H]1C(=O)O. The van der Waals surface area contributed by atoms with E-state index in [2.05, 4.69) is 5.32 Å². The number of carbonyl (C=O) groups is 2. The van der Waals surface area contributed by atoms with E-state index in [-0.39, 0.29) is 24.5 Å². The zero-order valence-electron chi connectivity index (χ0n) is 8.93. The van der Waals surface area contributed by atoms with Gasteiger partial charge in [0.2, 0.25) is 5.91 Å². The number of aliphatic hydroxyl groups is 1. The molecule has 0 aliphatic heterocycles. The minimum Gasteiger partial charge on any atom is -0.481 e. The summed E-state index contributed by atoms with van der Waals surface area (Å²) in [5.74, 6) is -1.97. The van der Waals surface area contributed by atoms with Crippen LogP contribution in [0.25, 0.3) is 0 Å². The van der Waals surface area contributed by atoms with Crippen LogP contribution in [-0.2, 0) is 9.59 Å². The highest BCUT2D eigenvalue weighted by atomic mass is 16.4. The highest BCUT2D eigenvalue weighted by Crippen LogP contribution is 2.38. The van der Waals surface area contributed by atoms with Gasteiger partial charge in [0.05, 0.1) is 24.5 Å². The number of aliphatic carboxylic acids is 1. The molecule has 3 N–H and O–H groups in total. The number of hydrogen-bond donors (Lipinski definition) is 3. The average Bonchev–Trinajstić information content (AvgIpc) is 2.92. The van der Waals surface area contributed by atoms with Gasteiger partial charge >= 0.3 is 5.97 Å². The van der Waals surface area contributed by atoms with Crippen molar-refractivity contribution in [3.05, 3.63) is 0 Å². The average molecular weight is 215 g/mol. The van der Waals surface area contributed by atoms with Crippen LogP contribution in [0.1, 0.15) is 20.3 Å². The van der Waals surface area contributed by atoms with E-state index in [1.807, 2.05) is 13.8 Å². The van der Waals surface area contributed by atoms with Gasteiger partial charge in [-0.15, -0.1) is 0 Å². The van der Waals surface area contributed by atoms with Crippen LogP contribution in [0.4, 0.5) is 0 Å². The smallest absolute Gasteiger partial charge is 0.307 e. The molecule has 15 heavy (non-hydrogen) atoms. The third kappa shape index (κ3) is 2.92. The Kier molecular flexibility index (Phi) is 3.68. The molecule has 0 bridgehead atoms. The first-order chi connectivity index (χ1) is 6.97. The number of carbonyl (C=O) groups excluding carboxylic acids is 1. The van der Waals surface area contributed by atoms with Crippen LogP contribution in [0.3, 0.4) is 0 Å². The quantitative estimate of drug-likeness (QED) is 0.594. The first kappa shape index (κ1) is 12.0. The van der Waals surface area contributed by atoms with Gasteiger partial charge in [-0.1, -0.05) is 13.8 Å². The number of carboxylic acid groups (broad SMARTS) is 1. The summed E-state index contributed by atoms with van der Waals surface area (Å²) < 4.78 is 0. The van der Waals surface area contributed by atoms with E-state index in [9.17, 15) is 9.59 Å². The van der Waals surface area contributed by atoms with E-state index in [4.69, 9.17) is 10.2 Å². The molecule has 5 heteroatoms. The predicted octanol–water partition coefficient (Wildman–Crippen LogP) is -0.160. The molecule has 0 saturated heterocycles. The second kappa shape index (κ2) is 4.61. The van der Waals surface area contributed by atoms with Gasteiger partial charge in [0.15, 0.2) is 0 Å². The maximum atomic E-state index is 11.5. The molecule has 0 aromatic rings. The second-order valence-corrected chi connectivity index (χ2v) is 4.33. The Hall–Kier alpha value is -1.10. The summed E-state index contributed by atoms with van der Waals surface area (Å²) in [6, 6.07) is -0.285. The summed E-state index contributed by atoms with van der Waals surface area (Å²) in [5, 5.41) is 20.3. The molecular weight excluding hydrogens is 198 g/mol. The number of nitrogens with one attached hydrogen (secondary N) is 1. The van der Waals surface area contributed by atoms with Crippen molar-refractivity contribution < 1.29 is 19.8 Å². The van der Waals surface area contributed by atoms with Crippen molar-refractivity contribution in [1.82, 2.24) is 5.32 Å². The monoisotopic (exact) mass is 215 g/mol. The van der Waals surface area contributed by atoms with Crippen molar-refractivity contribution in [3.63, 3.8) is 0 Å². The molecule has 3 atom stereocenters. The minimum absolute atomic E-state index is 0.117. The summed E-state index contributed by atoms with van der Waals surface area (Å²) in [6.07, 6.45) is 0.414. The topological polar surface area (TPSA) is 86.6 Å². The van der Waals surface area contributed by atoms with Gasteiger partial charge in [0.1, 0.15) is 0 Å². The number of rotatable bonds is 5. The lowest BCUT2D eigenvalue weighted by Crippen LogP contribution is -2.42. The van der Waals surface area contributed by atoms with Crippen LogP contribution < -0.4 is 5.32 Å². The molecule has 0 aromatic heterocycles. The number of aliphatic hydroxyl groups excluding tert-OH is 1. The summed E-state index contributed by atoms with van der Waals surface area (Å²) in [5.41, 5.74) is 0. The minimum atomic E-state index is -0.916. The lowest BCUT2D eigenvalue weighted by Gasteiger charge is -2.19. The van der Waals surface area contributed by atoms with Gasteiger partial charge in [-0.25, -0.2) is 0 Å². The fraction of sp³-hybridized carbons (Fsp3) is 0.800. The fourth-order valence-electron chi connectivity index (χ4n) is 1.47. The Balaban J connectivity index is 2.40. The highest BCUT2D eigenvalue weighted by Gasteiger charge is 2.48. The molecule has 1 fully saturated rings. The summed E-state index contributed by atoms with van der Waals surface area (Å²) in [7, 11) is 0. The molecular formula is C10H17NO4. The molecule has 1 rings (SSSR count). The zero-order chi connectivity index (χ0) is 11.6. The second-order valence-electron chi connectivity index (χ2n) is 4.33. The lowest BCUT2D eigenvalue weighted by molar-refractivity contribution is -0.140. The Bertz CT molecular complexity index is 264. The van der Waals surface area contributed by atoms with Crippen molar-refractivity contribution in [1.29, 1.82) is 0 Å². The van der Waals surface area contributed by atoms with Gasteiger partial charge in [-0.2, -0.15) is 0 Å². The molecule has 1 saturated carbocycles. The Labute approximate surface area is 88.5 Å². The third-order valence-corrected chi connectivity index (χ3v) is 2.77. The molecule has 1 aliphatic carbocycles. The van der Waals surface area contributed by atoms with Crippen molar-refractivity contribution >= 4 is 11.9 Å². The van der Waals surface area contributed by atoms with Gasteiger partial charge in [-0.05, 0) is 12.3 Å². The third-order valence-electron chi connectivity index (χ3n) is 2.77. The molecule has 0 spiro atoms. The fourth-order valence-corrected chi connectivity index (χ4v) is 1.47. The Morgan fingerprint density at radius 2 is 2.00 bits per heavy atom. The van der Waals surface area contributed by atoms with E-state index in [1.54, 1.807) is 0 Å². The molecule has 1 unspecified atom stereocenters. The van der Waals surface area contributed by atoms with E-state index in [1.165, 1.54) is 0 Å². The molecule has 0 heterocycles. The largest absolute Gasteiger partial charge is 0.481 e. The van der Waals surface area contributed by atoms with Crippen LogP contribution in [0.15, 0.2) is 0 Å². The van der Waals surface area contributed by atoms with Gasteiger partial charge in [0.25, 0.3) is 0 Å². The van der Waals surface area contributed by atoms with E-state index < -0.39 is 17.8 Å². The first-order valence-corrected chi connectivity index (χ1v) is 5.11. The molecule has 1 amide bonds. The summed E-state index contributed by atoms with van der Waals surface area (Å²) >= 11 is 0. The number of hydrogen-bond acceptors (Lipinski definition) is 3. The van der Waals surface area contributed by atoms with Crippen LogP contribution in [-0.4, -0.2) is 34.7 Å². The predicted molar refractivity (Wildman–Crippen MR) is 53.1 cm³/mol. The number of amides is 1. The Morgan fingerprint density at radius 3 is 2.33 bits per heavy atom. The molecule has 5 nitrogen and oxygen atoms in total. The maximum absolute atomic E-state index is 11.5. The van der Waals surface area contributed by atoms with E-state index in [0.717, 1.165) is 0 Å². The first-order valence-electron chi connectivity index (χ1n) is 5.11. The normalized spacial score (nSPS) is 26.1. The maximum Gasteiger partial charge on any atom is 0.307 e. The van der Waals surface area contributed by atoms with Crippen molar-refractivity contribution in [2.24, 2.45) is 17.8 Å². The van der Waals surface area contributed by atoms with Crippen LogP contribution in [0, 0.1) is 17.8 Å². The molecule has 0 radical (unpaired) electrons. The standard InChI is InChI=1S/C10H17NO4/c1-5(2)8(4-12)11-9(13)6-3-7(6)10(14)15/h5-8,12H,3-4H2,1-2H3,(H,11,13)(H,14,15)/t6-,7+,8?/m1/s1. The van der Waals surface area contributed by atoms with Crippen molar-refractivity contribution in [2.75, 3.05) is 6.61 Å².